The van der Waals surface area contributed by atoms with E-state index >= 15 is 0 Å². The highest BCUT2D eigenvalue weighted by Gasteiger charge is 2.29. The lowest BCUT2D eigenvalue weighted by molar-refractivity contribution is -0.118. The molecule has 1 fully saturated rings. The fourth-order valence-corrected chi connectivity index (χ4v) is 2.46. The zero-order valence-electron chi connectivity index (χ0n) is 15.0. The van der Waals surface area contributed by atoms with Crippen molar-refractivity contribution in [3.8, 4) is 11.5 Å². The van der Waals surface area contributed by atoms with Crippen molar-refractivity contribution >= 4 is 23.2 Å². The monoisotopic (exact) mass is 372 g/mol. The van der Waals surface area contributed by atoms with E-state index in [2.05, 4.69) is 10.6 Å². The molecule has 27 heavy (non-hydrogen) atoms. The van der Waals surface area contributed by atoms with Gasteiger partial charge in [-0.15, -0.1) is 0 Å². The van der Waals surface area contributed by atoms with Crippen molar-refractivity contribution in [3.05, 3.63) is 48.3 Å². The Labute approximate surface area is 156 Å². The SMILES string of the molecule is CCOc1cc(F)ccc1NC(=O)COc1cccc(NC(=O)C2CC2)c1. The molecule has 0 atom stereocenters. The predicted molar refractivity (Wildman–Crippen MR) is 99.5 cm³/mol. The average molecular weight is 372 g/mol. The second-order valence-electron chi connectivity index (χ2n) is 6.20. The van der Waals surface area contributed by atoms with Crippen LogP contribution in [0.5, 0.6) is 11.5 Å². The largest absolute Gasteiger partial charge is 0.492 e. The number of carbonyl (C=O) groups excluding carboxylic acids is 2. The molecule has 0 aromatic heterocycles. The number of hydrogen-bond donors (Lipinski definition) is 2. The summed E-state index contributed by atoms with van der Waals surface area (Å²) in [7, 11) is 0. The Morgan fingerprint density at radius 2 is 1.93 bits per heavy atom. The number of benzene rings is 2. The van der Waals surface area contributed by atoms with Crippen molar-refractivity contribution in [2.75, 3.05) is 23.8 Å². The van der Waals surface area contributed by atoms with Crippen LogP contribution in [0.1, 0.15) is 19.8 Å². The first-order valence-electron chi connectivity index (χ1n) is 8.81. The lowest BCUT2D eigenvalue weighted by atomic mass is 10.2. The summed E-state index contributed by atoms with van der Waals surface area (Å²) in [5.74, 6) is -0.0217. The normalized spacial score (nSPS) is 13.0. The predicted octanol–water partition coefficient (Wildman–Crippen LogP) is 3.59. The molecule has 0 heterocycles. The van der Waals surface area contributed by atoms with Crippen LogP contribution < -0.4 is 20.1 Å². The second kappa shape index (κ2) is 8.53. The third-order valence-corrected chi connectivity index (χ3v) is 3.94. The molecule has 0 bridgehead atoms. The molecule has 2 aromatic carbocycles. The van der Waals surface area contributed by atoms with E-state index in [1.165, 1.54) is 18.2 Å². The van der Waals surface area contributed by atoms with Crippen LogP contribution in [0.25, 0.3) is 0 Å². The summed E-state index contributed by atoms with van der Waals surface area (Å²) >= 11 is 0. The van der Waals surface area contributed by atoms with Gasteiger partial charge >= 0.3 is 0 Å². The van der Waals surface area contributed by atoms with Gasteiger partial charge in [0.05, 0.1) is 12.3 Å². The van der Waals surface area contributed by atoms with Crippen LogP contribution in [0.2, 0.25) is 0 Å². The van der Waals surface area contributed by atoms with E-state index in [1.807, 2.05) is 0 Å². The molecule has 0 saturated heterocycles. The maximum atomic E-state index is 13.3. The molecule has 1 saturated carbocycles. The van der Waals surface area contributed by atoms with Gasteiger partial charge in [-0.2, -0.15) is 0 Å². The molecule has 1 aliphatic carbocycles. The number of nitrogens with one attached hydrogen (secondary N) is 2. The van der Waals surface area contributed by atoms with Gasteiger partial charge in [0.15, 0.2) is 6.61 Å². The van der Waals surface area contributed by atoms with E-state index in [0.717, 1.165) is 12.8 Å². The summed E-state index contributed by atoms with van der Waals surface area (Å²) in [4.78, 5) is 23.9. The van der Waals surface area contributed by atoms with Crippen LogP contribution in [0.4, 0.5) is 15.8 Å². The molecule has 142 valence electrons. The smallest absolute Gasteiger partial charge is 0.262 e. The lowest BCUT2D eigenvalue weighted by Crippen LogP contribution is -2.20. The zero-order valence-corrected chi connectivity index (χ0v) is 15.0. The minimum Gasteiger partial charge on any atom is -0.492 e. The zero-order chi connectivity index (χ0) is 19.2. The molecule has 3 rings (SSSR count). The Morgan fingerprint density at radius 3 is 2.67 bits per heavy atom. The van der Waals surface area contributed by atoms with E-state index in [1.54, 1.807) is 31.2 Å². The van der Waals surface area contributed by atoms with Crippen molar-refractivity contribution in [1.82, 2.24) is 0 Å². The highest BCUT2D eigenvalue weighted by molar-refractivity contribution is 5.94. The summed E-state index contributed by atoms with van der Waals surface area (Å²) in [5, 5.41) is 5.46. The lowest BCUT2D eigenvalue weighted by Gasteiger charge is -2.12. The first-order valence-corrected chi connectivity index (χ1v) is 8.81. The van der Waals surface area contributed by atoms with Gasteiger partial charge in [0.1, 0.15) is 17.3 Å². The van der Waals surface area contributed by atoms with Gasteiger partial charge in [0.2, 0.25) is 5.91 Å². The number of hydrogen-bond acceptors (Lipinski definition) is 4. The molecular formula is C20H21FN2O4. The average Bonchev–Trinajstić information content (AvgIpc) is 3.48. The molecule has 0 unspecified atom stereocenters. The molecule has 0 aliphatic heterocycles. The second-order valence-corrected chi connectivity index (χ2v) is 6.20. The fourth-order valence-electron chi connectivity index (χ4n) is 2.46. The minimum atomic E-state index is -0.447. The molecule has 0 spiro atoms. The number of carbonyl (C=O) groups is 2. The van der Waals surface area contributed by atoms with E-state index < -0.39 is 11.7 Å². The summed E-state index contributed by atoms with van der Waals surface area (Å²) in [6, 6.07) is 10.8. The molecular weight excluding hydrogens is 351 g/mol. The third kappa shape index (κ3) is 5.44. The van der Waals surface area contributed by atoms with Crippen molar-refractivity contribution in [3.63, 3.8) is 0 Å². The van der Waals surface area contributed by atoms with Crippen LogP contribution in [0.3, 0.4) is 0 Å². The maximum absolute atomic E-state index is 13.3. The Kier molecular flexibility index (Phi) is 5.90. The van der Waals surface area contributed by atoms with E-state index in [9.17, 15) is 14.0 Å². The minimum absolute atomic E-state index is 0.00431. The molecule has 2 amide bonds. The van der Waals surface area contributed by atoms with Gasteiger partial charge in [0, 0.05) is 23.7 Å². The van der Waals surface area contributed by atoms with E-state index in [4.69, 9.17) is 9.47 Å². The molecule has 1 aliphatic rings. The van der Waals surface area contributed by atoms with Crippen molar-refractivity contribution in [2.45, 2.75) is 19.8 Å². The van der Waals surface area contributed by atoms with E-state index in [-0.39, 0.29) is 24.2 Å². The van der Waals surface area contributed by atoms with Gasteiger partial charge in [-0.3, -0.25) is 9.59 Å². The maximum Gasteiger partial charge on any atom is 0.262 e. The fraction of sp³-hybridized carbons (Fsp3) is 0.300. The van der Waals surface area contributed by atoms with Crippen LogP contribution >= 0.6 is 0 Å². The Hall–Kier alpha value is -3.09. The number of ether oxygens (including phenoxy) is 2. The van der Waals surface area contributed by atoms with Crippen LogP contribution in [0.15, 0.2) is 42.5 Å². The Balaban J connectivity index is 1.55. The number of rotatable bonds is 8. The standard InChI is InChI=1S/C20H21FN2O4/c1-2-26-18-10-14(21)8-9-17(18)23-19(24)12-27-16-5-3-4-15(11-16)22-20(25)13-6-7-13/h3-5,8-11,13H,2,6-7,12H2,1H3,(H,22,25)(H,23,24). The van der Waals surface area contributed by atoms with Crippen LogP contribution in [-0.4, -0.2) is 25.0 Å². The van der Waals surface area contributed by atoms with Crippen molar-refractivity contribution in [2.24, 2.45) is 5.92 Å². The van der Waals surface area contributed by atoms with Gasteiger partial charge in [-0.1, -0.05) is 6.07 Å². The molecule has 2 N–H and O–H groups in total. The third-order valence-electron chi connectivity index (χ3n) is 3.94. The van der Waals surface area contributed by atoms with E-state index in [0.29, 0.717) is 23.7 Å². The first-order chi connectivity index (χ1) is 13.0. The topological polar surface area (TPSA) is 76.7 Å². The quantitative estimate of drug-likeness (QED) is 0.742. The van der Waals surface area contributed by atoms with Gasteiger partial charge in [-0.05, 0) is 44.0 Å². The van der Waals surface area contributed by atoms with Gasteiger partial charge in [0.25, 0.3) is 5.91 Å². The highest BCUT2D eigenvalue weighted by Crippen LogP contribution is 2.30. The summed E-state index contributed by atoms with van der Waals surface area (Å²) in [5.41, 5.74) is 0.999. The molecule has 2 aromatic rings. The number of anilines is 2. The Morgan fingerprint density at radius 1 is 1.11 bits per heavy atom. The molecule has 7 heteroatoms. The number of amides is 2. The Bertz CT molecular complexity index is 836. The van der Waals surface area contributed by atoms with Gasteiger partial charge < -0.3 is 20.1 Å². The molecule has 0 radical (unpaired) electrons. The van der Waals surface area contributed by atoms with Crippen molar-refractivity contribution in [1.29, 1.82) is 0 Å². The van der Waals surface area contributed by atoms with Crippen LogP contribution in [-0.2, 0) is 9.59 Å². The highest BCUT2D eigenvalue weighted by atomic mass is 19.1. The molecule has 6 nitrogen and oxygen atoms in total. The summed E-state index contributed by atoms with van der Waals surface area (Å²) in [6.07, 6.45) is 1.85. The number of halogens is 1. The summed E-state index contributed by atoms with van der Waals surface area (Å²) < 4.78 is 24.1. The van der Waals surface area contributed by atoms with Crippen LogP contribution in [0, 0.1) is 11.7 Å². The first kappa shape index (κ1) is 18.7. The van der Waals surface area contributed by atoms with Gasteiger partial charge in [-0.25, -0.2) is 4.39 Å². The van der Waals surface area contributed by atoms with Crippen molar-refractivity contribution < 1.29 is 23.5 Å². The summed E-state index contributed by atoms with van der Waals surface area (Å²) in [6.45, 7) is 1.89.